The van der Waals surface area contributed by atoms with Crippen LogP contribution in [0.15, 0.2) is 0 Å². The first-order chi connectivity index (χ1) is 7.00. The molecule has 2 unspecified atom stereocenters. The van der Waals surface area contributed by atoms with Crippen molar-refractivity contribution in [3.05, 3.63) is 0 Å². The van der Waals surface area contributed by atoms with E-state index in [1.807, 2.05) is 0 Å². The summed E-state index contributed by atoms with van der Waals surface area (Å²) >= 11 is 0. The Morgan fingerprint density at radius 1 is 1.53 bits per heavy atom. The summed E-state index contributed by atoms with van der Waals surface area (Å²) in [6.45, 7) is 9.56. The van der Waals surface area contributed by atoms with Crippen molar-refractivity contribution in [3.8, 4) is 0 Å². The van der Waals surface area contributed by atoms with Gasteiger partial charge in [-0.25, -0.2) is 0 Å². The van der Waals surface area contributed by atoms with E-state index < -0.39 is 0 Å². The first-order valence-corrected chi connectivity index (χ1v) is 5.65. The van der Waals surface area contributed by atoms with Crippen LogP contribution < -0.4 is 5.73 Å². The maximum absolute atomic E-state index is 9.31. The molecule has 0 amide bonds. The van der Waals surface area contributed by atoms with E-state index in [1.54, 1.807) is 0 Å². The average molecular weight is 216 g/mol. The molecular weight excluding hydrogens is 192 g/mol. The zero-order valence-electron chi connectivity index (χ0n) is 10.1. The third kappa shape index (κ3) is 3.14. The highest BCUT2D eigenvalue weighted by molar-refractivity contribution is 4.89. The summed E-state index contributed by atoms with van der Waals surface area (Å²) in [5, 5.41) is 9.31. The van der Waals surface area contributed by atoms with Gasteiger partial charge in [0.25, 0.3) is 0 Å². The van der Waals surface area contributed by atoms with Crippen LogP contribution in [-0.2, 0) is 4.74 Å². The van der Waals surface area contributed by atoms with Gasteiger partial charge in [-0.1, -0.05) is 20.8 Å². The van der Waals surface area contributed by atoms with Crippen LogP contribution in [0.5, 0.6) is 0 Å². The second-order valence-corrected chi connectivity index (χ2v) is 5.27. The molecule has 1 saturated heterocycles. The molecule has 2 atom stereocenters. The monoisotopic (exact) mass is 216 g/mol. The van der Waals surface area contributed by atoms with Crippen molar-refractivity contribution in [1.29, 1.82) is 0 Å². The van der Waals surface area contributed by atoms with Crippen LogP contribution in [-0.4, -0.2) is 55.0 Å². The molecule has 0 aliphatic carbocycles. The molecule has 4 nitrogen and oxygen atoms in total. The van der Waals surface area contributed by atoms with Crippen molar-refractivity contribution >= 4 is 0 Å². The smallest absolute Gasteiger partial charge is 0.0644 e. The highest BCUT2D eigenvalue weighted by Gasteiger charge is 2.34. The third-order valence-corrected chi connectivity index (χ3v) is 3.11. The second-order valence-electron chi connectivity index (χ2n) is 5.27. The second kappa shape index (κ2) is 5.25. The van der Waals surface area contributed by atoms with E-state index in [0.29, 0.717) is 19.2 Å². The van der Waals surface area contributed by atoms with Crippen LogP contribution in [0.2, 0.25) is 0 Å². The lowest BCUT2D eigenvalue weighted by molar-refractivity contribution is -0.0656. The molecule has 1 heterocycles. The molecule has 1 fully saturated rings. The molecule has 0 aromatic rings. The summed E-state index contributed by atoms with van der Waals surface area (Å²) in [7, 11) is 0. The minimum absolute atomic E-state index is 0.103. The Labute approximate surface area is 92.4 Å². The van der Waals surface area contributed by atoms with E-state index in [2.05, 4.69) is 25.7 Å². The number of rotatable bonds is 3. The zero-order valence-corrected chi connectivity index (χ0v) is 10.1. The van der Waals surface area contributed by atoms with Crippen LogP contribution in [0.3, 0.4) is 0 Å². The van der Waals surface area contributed by atoms with Gasteiger partial charge in [0.2, 0.25) is 0 Å². The molecule has 1 aliphatic rings. The Morgan fingerprint density at radius 2 is 2.20 bits per heavy atom. The van der Waals surface area contributed by atoms with Gasteiger partial charge in [-0.05, 0) is 5.41 Å². The molecule has 90 valence electrons. The number of aliphatic hydroxyl groups is 1. The molecule has 0 radical (unpaired) electrons. The first-order valence-electron chi connectivity index (χ1n) is 5.65. The van der Waals surface area contributed by atoms with Gasteiger partial charge in [-0.15, -0.1) is 0 Å². The lowest BCUT2D eigenvalue weighted by atomic mass is 9.84. The van der Waals surface area contributed by atoms with Gasteiger partial charge in [-0.3, -0.25) is 4.90 Å². The van der Waals surface area contributed by atoms with Gasteiger partial charge in [-0.2, -0.15) is 0 Å². The minimum Gasteiger partial charge on any atom is -0.395 e. The molecule has 3 N–H and O–H groups in total. The van der Waals surface area contributed by atoms with Crippen molar-refractivity contribution in [2.45, 2.75) is 32.9 Å². The van der Waals surface area contributed by atoms with E-state index in [9.17, 15) is 5.11 Å². The lowest BCUT2D eigenvalue weighted by Gasteiger charge is -2.45. The minimum atomic E-state index is 0.103. The summed E-state index contributed by atoms with van der Waals surface area (Å²) in [6.07, 6.45) is 0. The molecule has 0 aromatic carbocycles. The number of nitrogens with two attached hydrogens (primary N) is 1. The average Bonchev–Trinajstić information content (AvgIpc) is 2.17. The van der Waals surface area contributed by atoms with Crippen LogP contribution in [0.1, 0.15) is 20.8 Å². The summed E-state index contributed by atoms with van der Waals surface area (Å²) in [4.78, 5) is 2.30. The number of aliphatic hydroxyl groups excluding tert-OH is 1. The maximum Gasteiger partial charge on any atom is 0.0644 e. The van der Waals surface area contributed by atoms with Crippen LogP contribution in [0, 0.1) is 5.41 Å². The highest BCUT2D eigenvalue weighted by atomic mass is 16.5. The van der Waals surface area contributed by atoms with Crippen LogP contribution in [0.25, 0.3) is 0 Å². The molecule has 4 heteroatoms. The van der Waals surface area contributed by atoms with Crippen molar-refractivity contribution in [2.75, 3.05) is 32.9 Å². The predicted octanol–water partition coefficient (Wildman–Crippen LogP) is 0.0529. The molecular formula is C11H24N2O2. The quantitative estimate of drug-likeness (QED) is 0.700. The zero-order chi connectivity index (χ0) is 11.5. The summed E-state index contributed by atoms with van der Waals surface area (Å²) in [5.41, 5.74) is 5.98. The number of morpholine rings is 1. The van der Waals surface area contributed by atoms with E-state index in [1.165, 1.54) is 0 Å². The molecule has 0 saturated carbocycles. The van der Waals surface area contributed by atoms with E-state index >= 15 is 0 Å². The Kier molecular flexibility index (Phi) is 4.52. The number of nitrogens with zero attached hydrogens (tertiary/aromatic N) is 1. The summed E-state index contributed by atoms with van der Waals surface area (Å²) in [5.74, 6) is 0. The predicted molar refractivity (Wildman–Crippen MR) is 60.7 cm³/mol. The molecule has 0 bridgehead atoms. The summed E-state index contributed by atoms with van der Waals surface area (Å²) in [6, 6.07) is 0.407. The van der Waals surface area contributed by atoms with Gasteiger partial charge >= 0.3 is 0 Å². The van der Waals surface area contributed by atoms with Gasteiger partial charge in [0, 0.05) is 19.1 Å². The van der Waals surface area contributed by atoms with Gasteiger partial charge in [0.05, 0.1) is 25.9 Å². The summed E-state index contributed by atoms with van der Waals surface area (Å²) < 4.78 is 5.37. The lowest BCUT2D eigenvalue weighted by Crippen LogP contribution is -2.58. The third-order valence-electron chi connectivity index (χ3n) is 3.11. The SMILES string of the molecule is CC(C)(C)C(CN)N1CCOCC1CO. The molecule has 1 rings (SSSR count). The fraction of sp³-hybridized carbons (Fsp3) is 1.00. The van der Waals surface area contributed by atoms with E-state index in [4.69, 9.17) is 10.5 Å². The fourth-order valence-corrected chi connectivity index (χ4v) is 2.22. The number of ether oxygens (including phenoxy) is 1. The van der Waals surface area contributed by atoms with Crippen LogP contribution >= 0.6 is 0 Å². The Balaban J connectivity index is 2.72. The standard InChI is InChI=1S/C11H24N2O2/c1-11(2,3)10(6-12)13-4-5-15-8-9(13)7-14/h9-10,14H,4-8,12H2,1-3H3. The first kappa shape index (κ1) is 12.9. The van der Waals surface area contributed by atoms with Crippen molar-refractivity contribution in [3.63, 3.8) is 0 Å². The fourth-order valence-electron chi connectivity index (χ4n) is 2.22. The van der Waals surface area contributed by atoms with Crippen molar-refractivity contribution in [1.82, 2.24) is 4.90 Å². The Hall–Kier alpha value is -0.160. The molecule has 15 heavy (non-hydrogen) atoms. The number of hydrogen-bond donors (Lipinski definition) is 2. The van der Waals surface area contributed by atoms with E-state index in [-0.39, 0.29) is 18.1 Å². The maximum atomic E-state index is 9.31. The van der Waals surface area contributed by atoms with Gasteiger partial charge in [0.1, 0.15) is 0 Å². The largest absolute Gasteiger partial charge is 0.395 e. The van der Waals surface area contributed by atoms with Crippen molar-refractivity contribution < 1.29 is 9.84 Å². The number of hydrogen-bond acceptors (Lipinski definition) is 4. The van der Waals surface area contributed by atoms with Gasteiger partial charge in [0.15, 0.2) is 0 Å². The molecule has 0 aromatic heterocycles. The van der Waals surface area contributed by atoms with E-state index in [0.717, 1.165) is 13.2 Å². The van der Waals surface area contributed by atoms with Crippen molar-refractivity contribution in [2.24, 2.45) is 11.1 Å². The topological polar surface area (TPSA) is 58.7 Å². The normalized spacial score (nSPS) is 26.6. The molecule has 1 aliphatic heterocycles. The Morgan fingerprint density at radius 3 is 2.67 bits per heavy atom. The van der Waals surface area contributed by atoms with Crippen LogP contribution in [0.4, 0.5) is 0 Å². The van der Waals surface area contributed by atoms with Gasteiger partial charge < -0.3 is 15.6 Å². The Bertz CT molecular complexity index is 192. The highest BCUT2D eigenvalue weighted by Crippen LogP contribution is 2.26. The molecule has 0 spiro atoms.